The molecular weight excluding hydrogens is 473 g/mol. The summed E-state index contributed by atoms with van der Waals surface area (Å²) in [7, 11) is 0. The van der Waals surface area contributed by atoms with Gasteiger partial charge in [0.2, 0.25) is 18.3 Å². The van der Waals surface area contributed by atoms with Gasteiger partial charge in [-0.25, -0.2) is 4.79 Å². The maximum absolute atomic E-state index is 12.4. The monoisotopic (exact) mass is 491 g/mol. The van der Waals surface area contributed by atoms with Crippen LogP contribution in [0.4, 0.5) is 0 Å². The van der Waals surface area contributed by atoms with Crippen LogP contribution in [0.3, 0.4) is 0 Å². The Hall–Kier alpha value is -1.82. The van der Waals surface area contributed by atoms with Gasteiger partial charge in [-0.15, -0.1) is 0 Å². The smallest absolute Gasteiger partial charge is 0.339 e. The van der Waals surface area contributed by atoms with E-state index in [1.807, 2.05) is 0 Å². The molecule has 0 aromatic rings. The van der Waals surface area contributed by atoms with E-state index in [1.165, 1.54) is 6.92 Å². The van der Waals surface area contributed by atoms with Crippen molar-refractivity contribution in [2.45, 2.75) is 62.2 Å². The Morgan fingerprint density at radius 1 is 0.867 bits per heavy atom. The highest BCUT2D eigenvalue weighted by Gasteiger charge is 2.56. The molecule has 170 valence electrons. The van der Waals surface area contributed by atoms with Gasteiger partial charge in [-0.1, -0.05) is 34.8 Å². The van der Waals surface area contributed by atoms with E-state index in [0.717, 1.165) is 20.8 Å². The van der Waals surface area contributed by atoms with Crippen LogP contribution in [-0.2, 0) is 47.6 Å². The lowest BCUT2D eigenvalue weighted by Gasteiger charge is -2.43. The van der Waals surface area contributed by atoms with Crippen LogP contribution in [0.1, 0.15) is 27.7 Å². The Balaban J connectivity index is 3.45. The Morgan fingerprint density at radius 3 is 1.77 bits per heavy atom. The molecule has 1 N–H and O–H groups in total. The van der Waals surface area contributed by atoms with Crippen molar-refractivity contribution in [1.29, 1.82) is 5.41 Å². The summed E-state index contributed by atoms with van der Waals surface area (Å²) < 4.78 is 28.5. The van der Waals surface area contributed by atoms with Gasteiger partial charge >= 0.3 is 23.9 Å². The number of alkyl halides is 3. The normalized spacial score (nSPS) is 26.2. The van der Waals surface area contributed by atoms with Gasteiger partial charge in [-0.3, -0.25) is 19.8 Å². The van der Waals surface area contributed by atoms with Crippen molar-refractivity contribution in [2.24, 2.45) is 0 Å². The third-order valence-electron chi connectivity index (χ3n) is 3.41. The average molecular weight is 493 g/mol. The van der Waals surface area contributed by atoms with E-state index in [2.05, 4.69) is 0 Å². The van der Waals surface area contributed by atoms with Crippen LogP contribution >= 0.6 is 34.8 Å². The number of rotatable bonds is 6. The predicted octanol–water partition coefficient (Wildman–Crippen LogP) is 1.43. The first-order chi connectivity index (χ1) is 13.8. The molecule has 1 rings (SSSR count). The highest BCUT2D eigenvalue weighted by atomic mass is 35.6. The topological polar surface area (TPSA) is 148 Å². The molecule has 1 saturated heterocycles. The lowest BCUT2D eigenvalue weighted by molar-refractivity contribution is -0.286. The zero-order valence-electron chi connectivity index (χ0n) is 16.3. The second kappa shape index (κ2) is 11.0. The third kappa shape index (κ3) is 7.46. The molecule has 0 unspecified atom stereocenters. The third-order valence-corrected chi connectivity index (χ3v) is 3.93. The molecule has 0 aromatic carbocycles. The molecule has 1 aliphatic rings. The van der Waals surface area contributed by atoms with Crippen molar-refractivity contribution < 1.29 is 47.6 Å². The van der Waals surface area contributed by atoms with Crippen LogP contribution in [0.5, 0.6) is 0 Å². The van der Waals surface area contributed by atoms with Gasteiger partial charge in [0.15, 0.2) is 18.3 Å². The molecule has 0 radical (unpaired) electrons. The van der Waals surface area contributed by atoms with Crippen molar-refractivity contribution in [3.05, 3.63) is 0 Å². The lowest BCUT2D eigenvalue weighted by atomic mass is 9.97. The number of carbonyl (C=O) groups excluding carboxylic acids is 4. The Kier molecular flexibility index (Phi) is 9.60. The second-order valence-electron chi connectivity index (χ2n) is 5.84. The zero-order valence-corrected chi connectivity index (χ0v) is 18.6. The first-order valence-corrected chi connectivity index (χ1v) is 9.57. The largest absolute Gasteiger partial charge is 0.464 e. The van der Waals surface area contributed by atoms with Gasteiger partial charge in [-0.05, 0) is 6.92 Å². The molecule has 5 atom stereocenters. The van der Waals surface area contributed by atoms with Crippen LogP contribution in [-0.4, -0.2) is 70.9 Å². The van der Waals surface area contributed by atoms with Crippen LogP contribution in [0.25, 0.3) is 0 Å². The van der Waals surface area contributed by atoms with Gasteiger partial charge in [0, 0.05) is 20.8 Å². The maximum atomic E-state index is 12.4. The Morgan fingerprint density at radius 2 is 1.33 bits per heavy atom. The summed E-state index contributed by atoms with van der Waals surface area (Å²) in [4.78, 5) is 47.3. The minimum Gasteiger partial charge on any atom is -0.464 e. The van der Waals surface area contributed by atoms with Crippen LogP contribution < -0.4 is 0 Å². The van der Waals surface area contributed by atoms with E-state index >= 15 is 0 Å². The minimum absolute atomic E-state index is 0.0629. The predicted molar refractivity (Wildman–Crippen MR) is 101 cm³/mol. The van der Waals surface area contributed by atoms with Gasteiger partial charge in [0.1, 0.15) is 0 Å². The molecule has 1 aliphatic heterocycles. The van der Waals surface area contributed by atoms with Crippen molar-refractivity contribution in [2.75, 3.05) is 6.61 Å². The average Bonchev–Trinajstić information content (AvgIpc) is 2.57. The summed E-state index contributed by atoms with van der Waals surface area (Å²) in [5, 5.41) is 7.73. The molecule has 1 fully saturated rings. The quantitative estimate of drug-likeness (QED) is 0.190. The fourth-order valence-corrected chi connectivity index (χ4v) is 2.60. The highest BCUT2D eigenvalue weighted by Crippen LogP contribution is 2.33. The zero-order chi connectivity index (χ0) is 23.2. The lowest BCUT2D eigenvalue weighted by Crippen LogP contribution is -2.64. The van der Waals surface area contributed by atoms with Gasteiger partial charge in [-0.2, -0.15) is 0 Å². The van der Waals surface area contributed by atoms with Crippen molar-refractivity contribution >= 4 is 64.6 Å². The molecule has 14 heteroatoms. The number of hydrogen-bond acceptors (Lipinski definition) is 11. The fourth-order valence-electron chi connectivity index (χ4n) is 2.47. The number of nitrogens with one attached hydrogen (secondary N) is 1. The Labute approximate surface area is 186 Å². The number of halogens is 3. The SMILES string of the molecule is CCOC(=O)[C@H]1O[C@H](OC(=N)C(Cl)(Cl)Cl)[C@H](OC(C)=O)[C@@H](OC(C)=O)[C@@H]1OC(C)=O. The summed E-state index contributed by atoms with van der Waals surface area (Å²) in [6, 6.07) is 0. The summed E-state index contributed by atoms with van der Waals surface area (Å²) in [6.07, 6.45) is -8.20. The number of carbonyl (C=O) groups is 4. The summed E-state index contributed by atoms with van der Waals surface area (Å²) >= 11 is 16.8. The van der Waals surface area contributed by atoms with Gasteiger partial charge in [0.25, 0.3) is 3.79 Å². The maximum Gasteiger partial charge on any atom is 0.339 e. The number of ether oxygens (including phenoxy) is 6. The van der Waals surface area contributed by atoms with Crippen LogP contribution in [0.2, 0.25) is 0 Å². The molecular formula is C16H20Cl3NO10. The van der Waals surface area contributed by atoms with E-state index < -0.39 is 64.3 Å². The Bertz CT molecular complexity index is 695. The number of hydrogen-bond donors (Lipinski definition) is 1. The van der Waals surface area contributed by atoms with E-state index in [4.69, 9.17) is 68.6 Å². The summed E-state index contributed by atoms with van der Waals surface area (Å²) in [5.41, 5.74) is 0. The molecule has 0 saturated carbocycles. The van der Waals surface area contributed by atoms with Crippen molar-refractivity contribution in [1.82, 2.24) is 0 Å². The van der Waals surface area contributed by atoms with Crippen LogP contribution in [0, 0.1) is 5.41 Å². The fraction of sp³-hybridized carbons (Fsp3) is 0.688. The molecule has 11 nitrogen and oxygen atoms in total. The molecule has 0 bridgehead atoms. The van der Waals surface area contributed by atoms with Crippen LogP contribution in [0.15, 0.2) is 0 Å². The van der Waals surface area contributed by atoms with Gasteiger partial charge < -0.3 is 28.4 Å². The van der Waals surface area contributed by atoms with E-state index in [9.17, 15) is 19.2 Å². The van der Waals surface area contributed by atoms with E-state index in [1.54, 1.807) is 0 Å². The minimum atomic E-state index is -2.33. The number of esters is 4. The highest BCUT2D eigenvalue weighted by molar-refractivity contribution is 6.76. The van der Waals surface area contributed by atoms with Crippen molar-refractivity contribution in [3.8, 4) is 0 Å². The first kappa shape index (κ1) is 26.2. The van der Waals surface area contributed by atoms with Gasteiger partial charge in [0.05, 0.1) is 6.61 Å². The standard InChI is InChI=1S/C16H20Cl3NO10/c1-5-25-13(24)11-9(26-6(2)21)10(27-7(3)22)12(28-8(4)23)14(29-11)30-15(20)16(17,18)19/h9-12,14,20H,5H2,1-4H3/t9-,10-,11-,12+,14+/m0/s1. The molecule has 1 heterocycles. The molecule has 0 aliphatic carbocycles. The molecule has 0 amide bonds. The summed E-state index contributed by atoms with van der Waals surface area (Å²) in [6.45, 7) is 4.55. The van der Waals surface area contributed by atoms with E-state index in [0.29, 0.717) is 0 Å². The molecule has 0 aromatic heterocycles. The van der Waals surface area contributed by atoms with Crippen molar-refractivity contribution in [3.63, 3.8) is 0 Å². The molecule has 0 spiro atoms. The summed E-state index contributed by atoms with van der Waals surface area (Å²) in [5.74, 6) is -4.54. The first-order valence-electron chi connectivity index (χ1n) is 8.44. The second-order valence-corrected chi connectivity index (χ2v) is 8.13. The molecule has 30 heavy (non-hydrogen) atoms. The van der Waals surface area contributed by atoms with E-state index in [-0.39, 0.29) is 6.61 Å².